The Morgan fingerprint density at radius 1 is 1.33 bits per heavy atom. The van der Waals surface area contributed by atoms with Crippen molar-refractivity contribution >= 4 is 40.4 Å². The molecule has 106 valence electrons. The first kappa shape index (κ1) is 14.2. The van der Waals surface area contributed by atoms with Crippen LogP contribution in [0.25, 0.3) is 10.6 Å². The number of thioether (sulfide) groups is 1. The number of thiophene rings is 1. The summed E-state index contributed by atoms with van der Waals surface area (Å²) < 4.78 is 0. The van der Waals surface area contributed by atoms with Gasteiger partial charge < -0.3 is 5.11 Å². The maximum absolute atomic E-state index is 10.9. The summed E-state index contributed by atoms with van der Waals surface area (Å²) in [4.78, 5) is 19.7. The maximum atomic E-state index is 10.9. The third-order valence-corrected chi connectivity index (χ3v) is 5.25. The zero-order chi connectivity index (χ0) is 14.7. The molecule has 0 atom stereocenters. The number of nitrogens with zero attached hydrogens (tertiary/aromatic N) is 2. The van der Waals surface area contributed by atoms with Crippen LogP contribution in [0, 0.1) is 0 Å². The monoisotopic (exact) mass is 334 g/mol. The van der Waals surface area contributed by atoms with Crippen LogP contribution in [0.3, 0.4) is 0 Å². The smallest absolute Gasteiger partial charge is 0.335 e. The van der Waals surface area contributed by atoms with Gasteiger partial charge in [-0.1, -0.05) is 11.8 Å². The molecule has 1 N–H and O–H groups in total. The van der Waals surface area contributed by atoms with Gasteiger partial charge in [0, 0.05) is 28.3 Å². The highest BCUT2D eigenvalue weighted by atomic mass is 32.2. The molecule has 0 saturated carbocycles. The molecule has 0 unspecified atom stereocenters. The summed E-state index contributed by atoms with van der Waals surface area (Å²) in [6.07, 6.45) is 1.52. The number of carbonyl (C=O) groups is 1. The number of carboxylic acid groups (broad SMARTS) is 1. The van der Waals surface area contributed by atoms with E-state index in [-0.39, 0.29) is 5.56 Å². The highest BCUT2D eigenvalue weighted by molar-refractivity contribution is 7.98. The molecule has 4 nitrogen and oxygen atoms in total. The van der Waals surface area contributed by atoms with E-state index < -0.39 is 5.97 Å². The number of hydrogen-bond acceptors (Lipinski definition) is 6. The van der Waals surface area contributed by atoms with E-state index in [2.05, 4.69) is 21.4 Å². The van der Waals surface area contributed by atoms with E-state index in [4.69, 9.17) is 5.11 Å². The van der Waals surface area contributed by atoms with Crippen molar-refractivity contribution in [3.8, 4) is 10.6 Å². The molecule has 0 bridgehead atoms. The van der Waals surface area contributed by atoms with Crippen LogP contribution >= 0.6 is 34.4 Å². The van der Waals surface area contributed by atoms with Crippen molar-refractivity contribution < 1.29 is 9.90 Å². The van der Waals surface area contributed by atoms with Crippen molar-refractivity contribution in [2.24, 2.45) is 0 Å². The largest absolute Gasteiger partial charge is 0.478 e. The minimum atomic E-state index is -0.937. The lowest BCUT2D eigenvalue weighted by Crippen LogP contribution is -1.96. The fourth-order valence-corrected chi connectivity index (χ4v) is 4.09. The number of aromatic nitrogens is 2. The molecular formula is C14H10N2O2S3. The molecule has 0 saturated heterocycles. The standard InChI is InChI=1S/C14H10N2O2S3/c17-14(18)9-1-3-15-12(5-9)20-7-11-8-21-13(16-11)10-2-4-19-6-10/h1-6,8H,7H2,(H,17,18). The van der Waals surface area contributed by atoms with E-state index in [9.17, 15) is 4.79 Å². The molecule has 21 heavy (non-hydrogen) atoms. The summed E-state index contributed by atoms with van der Waals surface area (Å²) in [5.74, 6) is -0.260. The number of carboxylic acids is 1. The van der Waals surface area contributed by atoms with Gasteiger partial charge in [0.1, 0.15) is 5.01 Å². The van der Waals surface area contributed by atoms with Crippen LogP contribution in [0.5, 0.6) is 0 Å². The normalized spacial score (nSPS) is 10.7. The van der Waals surface area contributed by atoms with Gasteiger partial charge in [0.2, 0.25) is 0 Å². The molecule has 3 aromatic heterocycles. The number of thiazole rings is 1. The third-order valence-electron chi connectivity index (χ3n) is 2.67. The summed E-state index contributed by atoms with van der Waals surface area (Å²) in [6, 6.07) is 5.13. The predicted molar refractivity (Wildman–Crippen MR) is 86.2 cm³/mol. The Morgan fingerprint density at radius 3 is 3.00 bits per heavy atom. The minimum absolute atomic E-state index is 0.254. The van der Waals surface area contributed by atoms with Crippen molar-refractivity contribution in [2.75, 3.05) is 0 Å². The molecule has 0 aliphatic heterocycles. The first-order chi connectivity index (χ1) is 10.2. The van der Waals surface area contributed by atoms with Gasteiger partial charge in [-0.2, -0.15) is 11.3 Å². The molecule has 3 aromatic rings. The van der Waals surface area contributed by atoms with Gasteiger partial charge in [-0.25, -0.2) is 14.8 Å². The van der Waals surface area contributed by atoms with Crippen LogP contribution in [-0.4, -0.2) is 21.0 Å². The maximum Gasteiger partial charge on any atom is 0.335 e. The molecule has 3 rings (SSSR count). The van der Waals surface area contributed by atoms with Gasteiger partial charge in [-0.15, -0.1) is 11.3 Å². The molecular weight excluding hydrogens is 324 g/mol. The summed E-state index contributed by atoms with van der Waals surface area (Å²) in [5.41, 5.74) is 2.38. The van der Waals surface area contributed by atoms with Crippen molar-refractivity contribution in [2.45, 2.75) is 10.8 Å². The first-order valence-corrected chi connectivity index (χ1v) is 8.82. The van der Waals surface area contributed by atoms with Crippen LogP contribution in [0.15, 0.2) is 45.6 Å². The van der Waals surface area contributed by atoms with Gasteiger partial charge in [-0.3, -0.25) is 0 Å². The number of hydrogen-bond donors (Lipinski definition) is 1. The molecule has 3 heterocycles. The van der Waals surface area contributed by atoms with Crippen LogP contribution in [-0.2, 0) is 5.75 Å². The quantitative estimate of drug-likeness (QED) is 0.706. The van der Waals surface area contributed by atoms with E-state index in [1.807, 2.05) is 10.8 Å². The predicted octanol–water partition coefficient (Wildman–Crippen LogP) is 4.26. The van der Waals surface area contributed by atoms with Gasteiger partial charge in [-0.05, 0) is 23.6 Å². The highest BCUT2D eigenvalue weighted by Crippen LogP contribution is 2.28. The number of aromatic carboxylic acids is 1. The molecule has 0 aliphatic carbocycles. The summed E-state index contributed by atoms with van der Waals surface area (Å²) in [5, 5.41) is 16.8. The topological polar surface area (TPSA) is 63.1 Å². The Balaban J connectivity index is 1.68. The molecule has 0 aromatic carbocycles. The van der Waals surface area contributed by atoms with E-state index in [0.717, 1.165) is 16.3 Å². The molecule has 0 amide bonds. The van der Waals surface area contributed by atoms with Crippen molar-refractivity contribution in [1.82, 2.24) is 9.97 Å². The Morgan fingerprint density at radius 2 is 2.24 bits per heavy atom. The lowest BCUT2D eigenvalue weighted by atomic mass is 10.3. The second kappa shape index (κ2) is 6.38. The summed E-state index contributed by atoms with van der Waals surface area (Å²) in [7, 11) is 0. The Labute approximate surface area is 133 Å². The van der Waals surface area contributed by atoms with Crippen LogP contribution in [0.1, 0.15) is 16.1 Å². The molecule has 7 heteroatoms. The number of rotatable bonds is 5. The van der Waals surface area contributed by atoms with E-state index in [1.54, 1.807) is 28.7 Å². The van der Waals surface area contributed by atoms with E-state index in [1.165, 1.54) is 24.0 Å². The fourth-order valence-electron chi connectivity index (χ4n) is 1.66. The van der Waals surface area contributed by atoms with E-state index in [0.29, 0.717) is 10.8 Å². The SMILES string of the molecule is O=C(O)c1ccnc(SCc2csc(-c3ccsc3)n2)c1. The highest BCUT2D eigenvalue weighted by Gasteiger charge is 2.08. The average Bonchev–Trinajstić information content (AvgIpc) is 3.16. The van der Waals surface area contributed by atoms with Crippen molar-refractivity contribution in [3.63, 3.8) is 0 Å². The Hall–Kier alpha value is -1.70. The summed E-state index contributed by atoms with van der Waals surface area (Å²) in [6.45, 7) is 0. The van der Waals surface area contributed by atoms with Crippen LogP contribution in [0.4, 0.5) is 0 Å². The summed E-state index contributed by atoms with van der Waals surface area (Å²) >= 11 is 4.76. The minimum Gasteiger partial charge on any atom is -0.478 e. The molecule has 0 aliphatic rings. The Kier molecular flexibility index (Phi) is 4.33. The van der Waals surface area contributed by atoms with Gasteiger partial charge in [0.15, 0.2) is 0 Å². The van der Waals surface area contributed by atoms with Crippen LogP contribution in [0.2, 0.25) is 0 Å². The van der Waals surface area contributed by atoms with Crippen LogP contribution < -0.4 is 0 Å². The zero-order valence-corrected chi connectivity index (χ0v) is 13.2. The average molecular weight is 334 g/mol. The molecule has 0 fully saturated rings. The van der Waals surface area contributed by atoms with Crippen molar-refractivity contribution in [3.05, 3.63) is 51.8 Å². The van der Waals surface area contributed by atoms with Gasteiger partial charge in [0.05, 0.1) is 16.3 Å². The molecule has 0 radical (unpaired) electrons. The fraction of sp³-hybridized carbons (Fsp3) is 0.0714. The van der Waals surface area contributed by atoms with Gasteiger partial charge in [0.25, 0.3) is 0 Å². The lowest BCUT2D eigenvalue weighted by Gasteiger charge is -2.00. The Bertz CT molecular complexity index is 753. The van der Waals surface area contributed by atoms with Gasteiger partial charge >= 0.3 is 5.97 Å². The van der Waals surface area contributed by atoms with Crippen molar-refractivity contribution in [1.29, 1.82) is 0 Å². The molecule has 0 spiro atoms. The number of pyridine rings is 1. The zero-order valence-electron chi connectivity index (χ0n) is 10.7. The lowest BCUT2D eigenvalue weighted by molar-refractivity contribution is 0.0696. The third kappa shape index (κ3) is 3.49. The second-order valence-corrected chi connectivity index (χ2v) is 6.77. The second-order valence-electron chi connectivity index (χ2n) is 4.13. The first-order valence-electron chi connectivity index (χ1n) is 6.01. The van der Waals surface area contributed by atoms with E-state index >= 15 is 0 Å².